The van der Waals surface area contributed by atoms with Crippen molar-refractivity contribution in [3.63, 3.8) is 0 Å². The fraction of sp³-hybridized carbons (Fsp3) is 1.00. The summed E-state index contributed by atoms with van der Waals surface area (Å²) in [6.45, 7) is 10.7. The number of quaternary nitrogens is 1. The number of rotatable bonds is 8. The molecular weight excluding hydrogens is 263 g/mol. The second-order valence-corrected chi connectivity index (χ2v) is 4.88. The Balaban J connectivity index is 0. The summed E-state index contributed by atoms with van der Waals surface area (Å²) in [5, 5.41) is 0. The quantitative estimate of drug-likeness (QED) is 0.294. The minimum Gasteiger partial charge on any atom is -0.418 e. The summed E-state index contributed by atoms with van der Waals surface area (Å²) in [4.78, 5) is 2.24. The van der Waals surface area contributed by atoms with Gasteiger partial charge in [0, 0.05) is 13.2 Å². The third kappa shape index (κ3) is 20.2. The van der Waals surface area contributed by atoms with E-state index in [9.17, 15) is 17.3 Å². The average molecular weight is 290 g/mol. The summed E-state index contributed by atoms with van der Waals surface area (Å²) in [5.74, 6) is 0. The molecule has 1 unspecified atom stereocenters. The summed E-state index contributed by atoms with van der Waals surface area (Å²) < 4.78 is 45.5. The fourth-order valence-electron chi connectivity index (χ4n) is 1.30. The largest absolute Gasteiger partial charge is 0.673 e. The Morgan fingerprint density at radius 2 is 1.53 bits per heavy atom. The first-order chi connectivity index (χ1) is 8.54. The smallest absolute Gasteiger partial charge is 0.418 e. The van der Waals surface area contributed by atoms with Crippen LogP contribution in [0.1, 0.15) is 13.8 Å². The predicted molar refractivity (Wildman–Crippen MR) is 71.7 cm³/mol. The zero-order valence-electron chi connectivity index (χ0n) is 12.6. The van der Waals surface area contributed by atoms with E-state index in [0.717, 1.165) is 30.8 Å². The minimum absolute atomic E-state index is 0.831. The molecule has 0 N–H and O–H groups in total. The lowest BCUT2D eigenvalue weighted by atomic mass is 10.3. The van der Waals surface area contributed by atoms with E-state index in [1.165, 1.54) is 13.1 Å². The molecule has 0 radical (unpaired) electrons. The van der Waals surface area contributed by atoms with Gasteiger partial charge >= 0.3 is 7.25 Å². The van der Waals surface area contributed by atoms with Crippen LogP contribution in [0.3, 0.4) is 0 Å². The van der Waals surface area contributed by atoms with Gasteiger partial charge in [-0.1, -0.05) is 0 Å². The van der Waals surface area contributed by atoms with E-state index in [4.69, 9.17) is 4.74 Å². The molecule has 19 heavy (non-hydrogen) atoms. The number of hydrogen-bond acceptors (Lipinski definition) is 2. The van der Waals surface area contributed by atoms with Crippen molar-refractivity contribution in [3.8, 4) is 0 Å². The van der Waals surface area contributed by atoms with Crippen LogP contribution in [0.4, 0.5) is 17.3 Å². The molecule has 0 rings (SSSR count). The van der Waals surface area contributed by atoms with Crippen LogP contribution in [0, 0.1) is 0 Å². The molecule has 0 heterocycles. The van der Waals surface area contributed by atoms with E-state index in [0.29, 0.717) is 0 Å². The van der Waals surface area contributed by atoms with Crippen LogP contribution in [0.15, 0.2) is 0 Å². The van der Waals surface area contributed by atoms with Gasteiger partial charge in [-0.05, 0) is 27.9 Å². The third-order valence-electron chi connectivity index (χ3n) is 2.83. The maximum Gasteiger partial charge on any atom is 0.673 e. The second kappa shape index (κ2) is 10.5. The molecule has 0 amide bonds. The van der Waals surface area contributed by atoms with Crippen LogP contribution in [0.2, 0.25) is 0 Å². The van der Waals surface area contributed by atoms with Crippen molar-refractivity contribution in [3.05, 3.63) is 0 Å². The van der Waals surface area contributed by atoms with Crippen molar-refractivity contribution in [2.24, 2.45) is 0 Å². The predicted octanol–water partition coefficient (Wildman–Crippen LogP) is 2.35. The lowest BCUT2D eigenvalue weighted by Crippen LogP contribution is -2.49. The molecule has 0 saturated heterocycles. The minimum atomic E-state index is -6.00. The molecule has 0 aliphatic carbocycles. The highest BCUT2D eigenvalue weighted by Gasteiger charge is 2.20. The average Bonchev–Trinajstić information content (AvgIpc) is 2.25. The van der Waals surface area contributed by atoms with Crippen LogP contribution < -0.4 is 0 Å². The van der Waals surface area contributed by atoms with Gasteiger partial charge in [-0.25, -0.2) is 0 Å². The lowest BCUT2D eigenvalue weighted by molar-refractivity contribution is -0.907. The Kier molecular flexibility index (Phi) is 11.5. The van der Waals surface area contributed by atoms with Crippen LogP contribution in [0.25, 0.3) is 0 Å². The van der Waals surface area contributed by atoms with Gasteiger partial charge in [0.15, 0.2) is 0 Å². The maximum atomic E-state index is 9.75. The van der Waals surface area contributed by atoms with E-state index < -0.39 is 7.25 Å². The van der Waals surface area contributed by atoms with Crippen LogP contribution >= 0.6 is 0 Å². The van der Waals surface area contributed by atoms with E-state index in [1.807, 2.05) is 0 Å². The van der Waals surface area contributed by atoms with E-state index in [2.05, 4.69) is 39.9 Å². The van der Waals surface area contributed by atoms with Crippen molar-refractivity contribution in [1.82, 2.24) is 4.90 Å². The number of halogens is 4. The molecule has 0 aromatic carbocycles. The van der Waals surface area contributed by atoms with Crippen LogP contribution in [0.5, 0.6) is 0 Å². The molecule has 0 saturated carbocycles. The molecule has 8 heteroatoms. The zero-order valence-corrected chi connectivity index (χ0v) is 12.6. The number of nitrogens with zero attached hydrogens (tertiary/aromatic N) is 2. The highest BCUT2D eigenvalue weighted by molar-refractivity contribution is 6.50. The molecule has 0 aliphatic heterocycles. The molecule has 0 aromatic rings. The lowest BCUT2D eigenvalue weighted by Gasteiger charge is -2.34. The van der Waals surface area contributed by atoms with Gasteiger partial charge in [0.05, 0.1) is 26.7 Å². The normalized spacial score (nSPS) is 14.8. The number of likely N-dealkylation sites (N-methyl/N-ethyl adjacent to an activating group) is 2. The van der Waals surface area contributed by atoms with Crippen molar-refractivity contribution in [2.75, 3.05) is 60.5 Å². The number of ether oxygens (including phenoxy) is 1. The molecule has 0 fully saturated rings. The first kappa shape index (κ1) is 21.0. The molecule has 118 valence electrons. The first-order valence-electron chi connectivity index (χ1n) is 6.47. The van der Waals surface area contributed by atoms with Crippen molar-refractivity contribution < 1.29 is 26.5 Å². The molecule has 1 atom stereocenters. The van der Waals surface area contributed by atoms with Gasteiger partial charge in [0.2, 0.25) is 0 Å². The van der Waals surface area contributed by atoms with E-state index in [-0.39, 0.29) is 0 Å². The fourth-order valence-corrected chi connectivity index (χ4v) is 1.30. The van der Waals surface area contributed by atoms with Gasteiger partial charge in [0.25, 0.3) is 0 Å². The zero-order chi connectivity index (χ0) is 15.5. The van der Waals surface area contributed by atoms with Crippen LogP contribution in [-0.4, -0.2) is 77.2 Å². The van der Waals surface area contributed by atoms with Gasteiger partial charge in [-0.3, -0.25) is 0 Å². The Labute approximate surface area is 114 Å². The summed E-state index contributed by atoms with van der Waals surface area (Å²) in [7, 11) is 0.563. The van der Waals surface area contributed by atoms with Crippen molar-refractivity contribution >= 4 is 7.25 Å². The Morgan fingerprint density at radius 1 is 1.05 bits per heavy atom. The standard InChI is InChI=1S/C11H27N2O.BF4/c1-6-13(5,9-8-12(3)4)10-11-14-7-2;2-1(3,4)5/h6-11H2,1-5H3;/q+1;-1. The van der Waals surface area contributed by atoms with Gasteiger partial charge < -0.3 is 31.4 Å². The van der Waals surface area contributed by atoms with Crippen molar-refractivity contribution in [2.45, 2.75) is 13.8 Å². The Bertz CT molecular complexity index is 211. The highest BCUT2D eigenvalue weighted by Crippen LogP contribution is 2.06. The third-order valence-corrected chi connectivity index (χ3v) is 2.83. The summed E-state index contributed by atoms with van der Waals surface area (Å²) in [6, 6.07) is 0. The van der Waals surface area contributed by atoms with Gasteiger partial charge in [-0.2, -0.15) is 0 Å². The SMILES string of the molecule is CCOCC[N+](C)(CC)CCN(C)C.F[B-](F)(F)F. The Morgan fingerprint density at radius 3 is 1.84 bits per heavy atom. The van der Waals surface area contributed by atoms with Gasteiger partial charge in [0.1, 0.15) is 6.54 Å². The summed E-state index contributed by atoms with van der Waals surface area (Å²) >= 11 is 0. The molecule has 0 aliphatic rings. The summed E-state index contributed by atoms with van der Waals surface area (Å²) in [6.07, 6.45) is 0. The molecule has 0 aromatic heterocycles. The van der Waals surface area contributed by atoms with E-state index >= 15 is 0 Å². The van der Waals surface area contributed by atoms with Crippen LogP contribution in [-0.2, 0) is 4.74 Å². The number of hydrogen-bond donors (Lipinski definition) is 0. The monoisotopic (exact) mass is 290 g/mol. The molecule has 0 spiro atoms. The maximum absolute atomic E-state index is 9.75. The molecule has 3 nitrogen and oxygen atoms in total. The van der Waals surface area contributed by atoms with E-state index in [1.54, 1.807) is 0 Å². The topological polar surface area (TPSA) is 12.5 Å². The van der Waals surface area contributed by atoms with Crippen molar-refractivity contribution in [1.29, 1.82) is 0 Å². The second-order valence-electron chi connectivity index (χ2n) is 4.88. The van der Waals surface area contributed by atoms with Gasteiger partial charge in [-0.15, -0.1) is 0 Å². The Hall–Kier alpha value is -0.335. The highest BCUT2D eigenvalue weighted by atomic mass is 19.5. The summed E-state index contributed by atoms with van der Waals surface area (Å²) in [5.41, 5.74) is 0. The first-order valence-corrected chi connectivity index (χ1v) is 6.47. The molecular formula is C11H27BF4N2O. The molecule has 0 bridgehead atoms.